The molecular formula is C25H30O2. The Kier molecular flexibility index (Phi) is 5.03. The number of hydrogen-bond acceptors (Lipinski definition) is 2. The van der Waals surface area contributed by atoms with Crippen molar-refractivity contribution in [1.29, 1.82) is 0 Å². The van der Waals surface area contributed by atoms with Gasteiger partial charge in [0.1, 0.15) is 5.75 Å². The molecule has 0 heterocycles. The second-order valence-corrected chi connectivity index (χ2v) is 9.02. The molecule has 3 rings (SSSR count). The molecule has 142 valence electrons. The Hall–Kier alpha value is -2.35. The van der Waals surface area contributed by atoms with E-state index in [9.17, 15) is 4.79 Å². The van der Waals surface area contributed by atoms with E-state index in [1.165, 1.54) is 42.0 Å². The number of carbonyl (C=O) groups is 1. The van der Waals surface area contributed by atoms with E-state index in [1.54, 1.807) is 0 Å². The summed E-state index contributed by atoms with van der Waals surface area (Å²) in [5.41, 5.74) is 7.03. The van der Waals surface area contributed by atoms with Gasteiger partial charge in [0.15, 0.2) is 0 Å². The lowest BCUT2D eigenvalue weighted by molar-refractivity contribution is -0.131. The highest BCUT2D eigenvalue weighted by molar-refractivity contribution is 5.81. The van der Waals surface area contributed by atoms with Gasteiger partial charge in [0, 0.05) is 6.92 Å². The highest BCUT2D eigenvalue weighted by Crippen LogP contribution is 2.46. The topological polar surface area (TPSA) is 26.3 Å². The predicted molar refractivity (Wildman–Crippen MR) is 113 cm³/mol. The molecule has 27 heavy (non-hydrogen) atoms. The Labute approximate surface area is 163 Å². The Morgan fingerprint density at radius 3 is 2.07 bits per heavy atom. The van der Waals surface area contributed by atoms with Crippen molar-refractivity contribution in [2.45, 2.75) is 65.2 Å². The Bertz CT molecular complexity index is 883. The van der Waals surface area contributed by atoms with Crippen LogP contribution in [0.1, 0.15) is 76.6 Å². The summed E-state index contributed by atoms with van der Waals surface area (Å²) >= 11 is 0. The molecule has 0 fully saturated rings. The van der Waals surface area contributed by atoms with Crippen LogP contribution in [0.4, 0.5) is 0 Å². The van der Waals surface area contributed by atoms with Crippen LogP contribution in [0.25, 0.3) is 11.6 Å². The molecule has 0 amide bonds. The summed E-state index contributed by atoms with van der Waals surface area (Å²) in [7, 11) is 0. The first-order valence-electron chi connectivity index (χ1n) is 9.71. The van der Waals surface area contributed by atoms with E-state index < -0.39 is 0 Å². The van der Waals surface area contributed by atoms with E-state index in [0.29, 0.717) is 5.75 Å². The van der Waals surface area contributed by atoms with Gasteiger partial charge in [0.05, 0.1) is 0 Å². The monoisotopic (exact) mass is 362 g/mol. The normalized spacial score (nSPS) is 17.9. The lowest BCUT2D eigenvalue weighted by Gasteiger charge is -2.42. The van der Waals surface area contributed by atoms with Crippen LogP contribution in [0, 0.1) is 0 Å². The maximum Gasteiger partial charge on any atom is 0.308 e. The third-order valence-corrected chi connectivity index (χ3v) is 5.83. The first-order chi connectivity index (χ1) is 12.6. The molecule has 2 heteroatoms. The van der Waals surface area contributed by atoms with Crippen molar-refractivity contribution in [2.75, 3.05) is 0 Å². The Morgan fingerprint density at radius 2 is 1.48 bits per heavy atom. The first kappa shape index (κ1) is 19.4. The predicted octanol–water partition coefficient (Wildman–Crippen LogP) is 6.52. The largest absolute Gasteiger partial charge is 0.427 e. The molecule has 0 bridgehead atoms. The molecule has 1 aliphatic carbocycles. The van der Waals surface area contributed by atoms with Crippen molar-refractivity contribution in [3.8, 4) is 5.75 Å². The van der Waals surface area contributed by atoms with Crippen LogP contribution in [0.15, 0.2) is 42.5 Å². The summed E-state index contributed by atoms with van der Waals surface area (Å²) in [6.45, 7) is 13.0. The maximum absolute atomic E-state index is 11.0. The fourth-order valence-corrected chi connectivity index (χ4v) is 3.97. The first-order valence-corrected chi connectivity index (χ1v) is 9.71. The van der Waals surface area contributed by atoms with E-state index in [2.05, 4.69) is 58.9 Å². The molecule has 0 saturated heterocycles. The van der Waals surface area contributed by atoms with Crippen molar-refractivity contribution in [3.05, 3.63) is 64.7 Å². The highest BCUT2D eigenvalue weighted by atomic mass is 16.5. The third kappa shape index (κ3) is 4.16. The molecule has 2 aromatic rings. The van der Waals surface area contributed by atoms with Gasteiger partial charge in [-0.1, -0.05) is 64.1 Å². The van der Waals surface area contributed by atoms with E-state index in [1.807, 2.05) is 24.3 Å². The average Bonchev–Trinajstić information content (AvgIpc) is 2.60. The van der Waals surface area contributed by atoms with Crippen LogP contribution in [-0.4, -0.2) is 5.97 Å². The van der Waals surface area contributed by atoms with Gasteiger partial charge in [-0.05, 0) is 70.6 Å². The van der Waals surface area contributed by atoms with E-state index >= 15 is 0 Å². The summed E-state index contributed by atoms with van der Waals surface area (Å²) in [6.07, 6.45) is 4.63. The molecular weight excluding hydrogens is 332 g/mol. The number of esters is 1. The van der Waals surface area contributed by atoms with Gasteiger partial charge in [0.25, 0.3) is 0 Å². The van der Waals surface area contributed by atoms with Crippen LogP contribution in [0.5, 0.6) is 5.75 Å². The lowest BCUT2D eigenvalue weighted by atomic mass is 9.63. The third-order valence-electron chi connectivity index (χ3n) is 5.83. The van der Waals surface area contributed by atoms with Crippen molar-refractivity contribution < 1.29 is 9.53 Å². The molecule has 0 saturated carbocycles. The molecule has 1 aliphatic rings. The zero-order chi connectivity index (χ0) is 19.8. The standard InChI is InChI=1S/C25H30O2/c1-17(15-19-7-10-21(11-8-19)27-18(2)26)20-9-12-22-23(16-20)25(5,6)14-13-24(22,3)4/h7-12,15-16H,13-14H2,1-6H3/b17-15-. The summed E-state index contributed by atoms with van der Waals surface area (Å²) in [5, 5.41) is 0. The zero-order valence-corrected chi connectivity index (χ0v) is 17.3. The van der Waals surface area contributed by atoms with Gasteiger partial charge >= 0.3 is 5.97 Å². The summed E-state index contributed by atoms with van der Waals surface area (Å²) in [5.74, 6) is 0.282. The number of fused-ring (bicyclic) bond motifs is 1. The minimum absolute atomic E-state index is 0.215. The van der Waals surface area contributed by atoms with E-state index in [4.69, 9.17) is 4.74 Å². The number of hydrogen-bond donors (Lipinski definition) is 0. The lowest BCUT2D eigenvalue weighted by Crippen LogP contribution is -2.33. The summed E-state index contributed by atoms with van der Waals surface area (Å²) < 4.78 is 5.10. The smallest absolute Gasteiger partial charge is 0.308 e. The van der Waals surface area contributed by atoms with Crippen LogP contribution in [0.3, 0.4) is 0 Å². The summed E-state index contributed by atoms with van der Waals surface area (Å²) in [6, 6.07) is 14.6. The zero-order valence-electron chi connectivity index (χ0n) is 17.3. The number of ether oxygens (including phenoxy) is 1. The van der Waals surface area contributed by atoms with Crippen molar-refractivity contribution in [2.24, 2.45) is 0 Å². The van der Waals surface area contributed by atoms with Crippen LogP contribution in [0.2, 0.25) is 0 Å². The van der Waals surface area contributed by atoms with Gasteiger partial charge in [-0.15, -0.1) is 0 Å². The Morgan fingerprint density at radius 1 is 0.889 bits per heavy atom. The minimum Gasteiger partial charge on any atom is -0.427 e. The fraction of sp³-hybridized carbons (Fsp3) is 0.400. The number of rotatable bonds is 3. The SMILES string of the molecule is CC(=O)Oc1ccc(/C=C(/C)c2ccc3c(c2)C(C)(C)CCC3(C)C)cc1. The van der Waals surface area contributed by atoms with E-state index in [0.717, 1.165) is 5.56 Å². The van der Waals surface area contributed by atoms with Crippen molar-refractivity contribution >= 4 is 17.6 Å². The highest BCUT2D eigenvalue weighted by Gasteiger charge is 2.36. The van der Waals surface area contributed by atoms with Crippen molar-refractivity contribution in [3.63, 3.8) is 0 Å². The molecule has 0 aliphatic heterocycles. The molecule has 0 aromatic heterocycles. The van der Waals surface area contributed by atoms with Crippen LogP contribution in [-0.2, 0) is 15.6 Å². The minimum atomic E-state index is -0.297. The number of benzene rings is 2. The van der Waals surface area contributed by atoms with Gasteiger partial charge < -0.3 is 4.74 Å². The van der Waals surface area contributed by atoms with Gasteiger partial charge in [0.2, 0.25) is 0 Å². The number of carbonyl (C=O) groups excluding carboxylic acids is 1. The molecule has 0 unspecified atom stereocenters. The number of allylic oxidation sites excluding steroid dienone is 1. The molecule has 0 spiro atoms. The molecule has 0 radical (unpaired) electrons. The van der Waals surface area contributed by atoms with E-state index in [-0.39, 0.29) is 16.8 Å². The molecule has 0 N–H and O–H groups in total. The molecule has 0 atom stereocenters. The summed E-state index contributed by atoms with van der Waals surface area (Å²) in [4.78, 5) is 11.0. The second kappa shape index (κ2) is 6.99. The quantitative estimate of drug-likeness (QED) is 0.353. The second-order valence-electron chi connectivity index (χ2n) is 9.02. The van der Waals surface area contributed by atoms with Gasteiger partial charge in [-0.3, -0.25) is 4.79 Å². The molecule has 2 nitrogen and oxygen atoms in total. The van der Waals surface area contributed by atoms with Crippen LogP contribution >= 0.6 is 0 Å². The average molecular weight is 363 g/mol. The Balaban J connectivity index is 1.92. The van der Waals surface area contributed by atoms with Crippen molar-refractivity contribution in [1.82, 2.24) is 0 Å². The molecule has 2 aromatic carbocycles. The van der Waals surface area contributed by atoms with Gasteiger partial charge in [-0.2, -0.15) is 0 Å². The van der Waals surface area contributed by atoms with Crippen LogP contribution < -0.4 is 4.74 Å². The fourth-order valence-electron chi connectivity index (χ4n) is 3.97. The van der Waals surface area contributed by atoms with Gasteiger partial charge in [-0.25, -0.2) is 0 Å². The maximum atomic E-state index is 11.0.